The van der Waals surface area contributed by atoms with Gasteiger partial charge in [-0.15, -0.1) is 4.79 Å². The van der Waals surface area contributed by atoms with Crippen molar-refractivity contribution in [1.82, 2.24) is 4.79 Å². The molecule has 0 bridgehead atoms. The van der Waals surface area contributed by atoms with E-state index >= 15 is 0 Å². The van der Waals surface area contributed by atoms with E-state index in [1.165, 1.54) is 0 Å². The van der Waals surface area contributed by atoms with Gasteiger partial charge in [0.2, 0.25) is 0 Å². The molecule has 1 aromatic carbocycles. The minimum absolute atomic E-state index is 0. The van der Waals surface area contributed by atoms with Crippen LogP contribution < -0.4 is 51.4 Å². The molecule has 1 heterocycles. The van der Waals surface area contributed by atoms with Crippen molar-refractivity contribution in [2.45, 2.75) is 0 Å². The average molecular weight is 245 g/mol. The standard InChI is InChI=1S/C8H3F4NO.K.H/c9-3-1-2-4-5(6(3)10)7(14)8(11)13(4)12;;/h1-2,14H;;/q;+1;-1. The number of rotatable bonds is 0. The predicted molar refractivity (Wildman–Crippen MR) is 41.1 cm³/mol. The number of halogens is 4. The van der Waals surface area contributed by atoms with Gasteiger partial charge in [-0.25, -0.2) is 8.78 Å². The first-order valence-electron chi connectivity index (χ1n) is 3.57. The molecular formula is C8H4F4KNO. The van der Waals surface area contributed by atoms with Crippen molar-refractivity contribution < 1.29 is 75.6 Å². The monoisotopic (exact) mass is 245 g/mol. The maximum Gasteiger partial charge on any atom is 1.00 e. The third-order valence-corrected chi connectivity index (χ3v) is 1.89. The molecule has 2 rings (SSSR count). The third kappa shape index (κ3) is 1.82. The zero-order chi connectivity index (χ0) is 10.5. The van der Waals surface area contributed by atoms with Gasteiger partial charge in [0, 0.05) is 0 Å². The first-order chi connectivity index (χ1) is 6.54. The molecule has 0 amide bonds. The van der Waals surface area contributed by atoms with Gasteiger partial charge in [0.25, 0.3) is 5.95 Å². The van der Waals surface area contributed by atoms with Crippen molar-refractivity contribution in [3.05, 3.63) is 29.7 Å². The summed E-state index contributed by atoms with van der Waals surface area (Å²) in [5.74, 6) is -5.64. The summed E-state index contributed by atoms with van der Waals surface area (Å²) in [6.45, 7) is 0. The Morgan fingerprint density at radius 3 is 2.40 bits per heavy atom. The summed E-state index contributed by atoms with van der Waals surface area (Å²) in [5.41, 5.74) is -0.557. The Morgan fingerprint density at radius 1 is 1.20 bits per heavy atom. The summed E-state index contributed by atoms with van der Waals surface area (Å²) in [6, 6.07) is 1.48. The summed E-state index contributed by atoms with van der Waals surface area (Å²) < 4.78 is 51.1. The second kappa shape index (κ2) is 4.42. The van der Waals surface area contributed by atoms with Crippen LogP contribution in [0.5, 0.6) is 5.75 Å². The van der Waals surface area contributed by atoms with E-state index in [-0.39, 0.29) is 52.8 Å². The zero-order valence-electron chi connectivity index (χ0n) is 8.56. The number of fused-ring (bicyclic) bond motifs is 1. The van der Waals surface area contributed by atoms with Crippen LogP contribution in [0.2, 0.25) is 0 Å². The van der Waals surface area contributed by atoms with Crippen LogP contribution in [0, 0.1) is 17.6 Å². The van der Waals surface area contributed by atoms with Gasteiger partial charge in [0.1, 0.15) is 0 Å². The van der Waals surface area contributed by atoms with Crippen LogP contribution in [0.1, 0.15) is 1.43 Å². The Labute approximate surface area is 125 Å². The Kier molecular flexibility index (Phi) is 3.83. The summed E-state index contributed by atoms with van der Waals surface area (Å²) in [4.78, 5) is -0.548. The van der Waals surface area contributed by atoms with Gasteiger partial charge in [-0.2, -0.15) is 4.39 Å². The maximum absolute atomic E-state index is 13.0. The van der Waals surface area contributed by atoms with Crippen LogP contribution in [-0.4, -0.2) is 9.90 Å². The molecule has 0 radical (unpaired) electrons. The van der Waals surface area contributed by atoms with Crippen LogP contribution in [0.3, 0.4) is 0 Å². The number of aromatic hydroxyl groups is 1. The molecule has 0 aliphatic carbocycles. The molecule has 2 nitrogen and oxygen atoms in total. The Hall–Kier alpha value is -0.0836. The first-order valence-corrected chi connectivity index (χ1v) is 3.57. The summed E-state index contributed by atoms with van der Waals surface area (Å²) in [6.07, 6.45) is 0. The zero-order valence-corrected chi connectivity index (χ0v) is 10.7. The molecule has 0 spiro atoms. The second-order valence-electron chi connectivity index (χ2n) is 2.68. The molecule has 2 aromatic rings. The molecule has 76 valence electrons. The van der Waals surface area contributed by atoms with E-state index in [1.54, 1.807) is 0 Å². The number of hydrogen-bond donors (Lipinski definition) is 1. The van der Waals surface area contributed by atoms with Gasteiger partial charge < -0.3 is 6.53 Å². The number of nitrogens with zero attached hydrogens (tertiary/aromatic N) is 1. The number of benzene rings is 1. The largest absolute Gasteiger partial charge is 1.00 e. The maximum atomic E-state index is 13.0. The summed E-state index contributed by atoms with van der Waals surface area (Å²) in [7, 11) is 0. The third-order valence-electron chi connectivity index (χ3n) is 1.89. The number of aromatic nitrogens is 1. The smallest absolute Gasteiger partial charge is 1.00 e. The van der Waals surface area contributed by atoms with E-state index in [1.807, 2.05) is 0 Å². The van der Waals surface area contributed by atoms with E-state index in [0.717, 1.165) is 6.07 Å². The molecule has 0 aliphatic heterocycles. The summed E-state index contributed by atoms with van der Waals surface area (Å²) in [5, 5.41) is 8.14. The molecule has 0 fully saturated rings. The van der Waals surface area contributed by atoms with Crippen molar-refractivity contribution >= 4 is 10.9 Å². The molecular weight excluding hydrogens is 241 g/mol. The molecule has 0 atom stereocenters. The normalized spacial score (nSPS) is 10.4. The quantitative estimate of drug-likeness (QED) is 0.496. The molecule has 1 aromatic heterocycles. The van der Waals surface area contributed by atoms with Crippen LogP contribution in [-0.2, 0) is 0 Å². The topological polar surface area (TPSA) is 25.2 Å². The molecule has 0 saturated heterocycles. The number of hydrogen-bond acceptors (Lipinski definition) is 1. The van der Waals surface area contributed by atoms with Crippen LogP contribution in [0.25, 0.3) is 10.9 Å². The van der Waals surface area contributed by atoms with Gasteiger partial charge >= 0.3 is 51.4 Å². The molecule has 7 heteroatoms. The fraction of sp³-hybridized carbons (Fsp3) is 0. The Morgan fingerprint density at radius 2 is 1.80 bits per heavy atom. The van der Waals surface area contributed by atoms with Crippen molar-refractivity contribution in [3.8, 4) is 5.75 Å². The Bertz CT molecular complexity index is 530. The first kappa shape index (κ1) is 13.0. The average Bonchev–Trinajstić information content (AvgIpc) is 2.38. The molecule has 0 aliphatic rings. The fourth-order valence-corrected chi connectivity index (χ4v) is 1.23. The van der Waals surface area contributed by atoms with Crippen molar-refractivity contribution in [3.63, 3.8) is 0 Å². The predicted octanol–water partition coefficient (Wildman–Crippen LogP) is -0.387. The molecule has 0 unspecified atom stereocenters. The van der Waals surface area contributed by atoms with Gasteiger partial charge in [0.05, 0.1) is 10.9 Å². The van der Waals surface area contributed by atoms with E-state index in [9.17, 15) is 17.7 Å². The molecule has 1 N–H and O–H groups in total. The molecule has 15 heavy (non-hydrogen) atoms. The van der Waals surface area contributed by atoms with E-state index in [2.05, 4.69) is 0 Å². The van der Waals surface area contributed by atoms with Crippen LogP contribution in [0.4, 0.5) is 17.7 Å². The minimum atomic E-state index is -1.65. The second-order valence-corrected chi connectivity index (χ2v) is 2.68. The van der Waals surface area contributed by atoms with Crippen molar-refractivity contribution in [1.29, 1.82) is 0 Å². The van der Waals surface area contributed by atoms with Crippen molar-refractivity contribution in [2.75, 3.05) is 0 Å². The van der Waals surface area contributed by atoms with E-state index in [0.29, 0.717) is 6.07 Å². The summed E-state index contributed by atoms with van der Waals surface area (Å²) >= 11 is 0. The van der Waals surface area contributed by atoms with Crippen LogP contribution >= 0.6 is 0 Å². The van der Waals surface area contributed by atoms with Crippen LogP contribution in [0.15, 0.2) is 12.1 Å². The van der Waals surface area contributed by atoms with Gasteiger partial charge in [0.15, 0.2) is 17.4 Å². The van der Waals surface area contributed by atoms with Crippen molar-refractivity contribution in [2.24, 2.45) is 0 Å². The fourth-order valence-electron chi connectivity index (χ4n) is 1.23. The Balaban J connectivity index is 0.00000112. The van der Waals surface area contributed by atoms with E-state index in [4.69, 9.17) is 5.11 Å². The molecule has 0 saturated carbocycles. The van der Waals surface area contributed by atoms with Gasteiger partial charge in [-0.1, -0.05) is 4.48 Å². The van der Waals surface area contributed by atoms with Gasteiger partial charge in [-0.3, -0.25) is 0 Å². The SMILES string of the molecule is Oc1c(F)n(F)c2ccc(F)c(F)c12.[H-].[K+]. The van der Waals surface area contributed by atoms with E-state index < -0.39 is 39.0 Å². The minimum Gasteiger partial charge on any atom is -1.00 e. The van der Waals surface area contributed by atoms with Gasteiger partial charge in [-0.05, 0) is 12.1 Å².